The molecule has 128 valence electrons. The van der Waals surface area contributed by atoms with Crippen LogP contribution in [0.5, 0.6) is 0 Å². The Morgan fingerprint density at radius 3 is 2.48 bits per heavy atom. The van der Waals surface area contributed by atoms with Gasteiger partial charge in [0.15, 0.2) is 5.11 Å². The van der Waals surface area contributed by atoms with Crippen molar-refractivity contribution in [3.05, 3.63) is 71.0 Å². The average molecular weight is 351 g/mol. The molecule has 0 saturated heterocycles. The van der Waals surface area contributed by atoms with Crippen molar-refractivity contribution >= 4 is 29.0 Å². The van der Waals surface area contributed by atoms with Crippen LogP contribution in [-0.4, -0.2) is 19.9 Å². The van der Waals surface area contributed by atoms with Crippen LogP contribution in [0.2, 0.25) is 0 Å². The number of nitrogens with zero attached hydrogens (tertiary/aromatic N) is 3. The van der Waals surface area contributed by atoms with Crippen LogP contribution in [0.3, 0.4) is 0 Å². The minimum absolute atomic E-state index is 0.471. The summed E-state index contributed by atoms with van der Waals surface area (Å²) in [5.74, 6) is 0.482. The van der Waals surface area contributed by atoms with Crippen molar-refractivity contribution in [2.75, 3.05) is 10.6 Å². The zero-order valence-electron chi connectivity index (χ0n) is 14.6. The number of nitrogens with one attached hydrogen (secondary N) is 2. The monoisotopic (exact) mass is 351 g/mol. The van der Waals surface area contributed by atoms with Crippen molar-refractivity contribution in [3.63, 3.8) is 0 Å². The molecule has 2 N–H and O–H groups in total. The molecule has 0 radical (unpaired) electrons. The number of anilines is 2. The number of aromatic nitrogens is 3. The van der Waals surface area contributed by atoms with E-state index in [1.807, 2.05) is 24.3 Å². The van der Waals surface area contributed by atoms with E-state index < -0.39 is 0 Å². The summed E-state index contributed by atoms with van der Waals surface area (Å²) in [6.45, 7) is 6.89. The SMILES string of the molecule is Cc1cc(C)cc(NC(=S)Nc2ncn(Cc3ccccc3C)n2)c1. The molecule has 2 aromatic carbocycles. The van der Waals surface area contributed by atoms with E-state index in [1.54, 1.807) is 11.0 Å². The highest BCUT2D eigenvalue weighted by Gasteiger charge is 2.06. The fraction of sp³-hybridized carbons (Fsp3) is 0.211. The maximum absolute atomic E-state index is 5.35. The summed E-state index contributed by atoms with van der Waals surface area (Å²) in [5, 5.41) is 11.1. The zero-order valence-corrected chi connectivity index (χ0v) is 15.4. The largest absolute Gasteiger partial charge is 0.332 e. The summed E-state index contributed by atoms with van der Waals surface area (Å²) in [6, 6.07) is 14.5. The molecule has 0 aliphatic carbocycles. The summed E-state index contributed by atoms with van der Waals surface area (Å²) >= 11 is 5.35. The first-order valence-corrected chi connectivity index (χ1v) is 8.51. The van der Waals surface area contributed by atoms with Crippen molar-refractivity contribution in [2.24, 2.45) is 0 Å². The third-order valence-electron chi connectivity index (χ3n) is 3.83. The summed E-state index contributed by atoms with van der Waals surface area (Å²) < 4.78 is 1.80. The fourth-order valence-corrected chi connectivity index (χ4v) is 2.91. The van der Waals surface area contributed by atoms with E-state index in [4.69, 9.17) is 12.2 Å². The second-order valence-corrected chi connectivity index (χ2v) is 6.56. The molecule has 0 aliphatic rings. The molecule has 25 heavy (non-hydrogen) atoms. The molecule has 1 aromatic heterocycles. The standard InChI is InChI=1S/C19H21N5S/c1-13-8-14(2)10-17(9-13)21-19(25)22-18-20-12-24(23-18)11-16-7-5-4-6-15(16)3/h4-10,12H,11H2,1-3H3,(H2,21,22,23,25). The van der Waals surface area contributed by atoms with Gasteiger partial charge in [-0.1, -0.05) is 30.3 Å². The molecule has 0 fully saturated rings. The van der Waals surface area contributed by atoms with Gasteiger partial charge >= 0.3 is 0 Å². The fourth-order valence-electron chi connectivity index (χ4n) is 2.70. The van der Waals surface area contributed by atoms with E-state index in [0.717, 1.165) is 5.69 Å². The molecule has 0 spiro atoms. The first kappa shape index (κ1) is 17.1. The van der Waals surface area contributed by atoms with Gasteiger partial charge in [-0.05, 0) is 67.4 Å². The Bertz CT molecular complexity index is 880. The number of thiocarbonyl (C=S) groups is 1. The van der Waals surface area contributed by atoms with Crippen molar-refractivity contribution in [3.8, 4) is 0 Å². The molecule has 5 nitrogen and oxygen atoms in total. The summed E-state index contributed by atoms with van der Waals surface area (Å²) in [6.07, 6.45) is 1.70. The minimum Gasteiger partial charge on any atom is -0.332 e. The first-order chi connectivity index (χ1) is 12.0. The molecule has 1 heterocycles. The van der Waals surface area contributed by atoms with Gasteiger partial charge in [0.25, 0.3) is 0 Å². The molecule has 0 amide bonds. The van der Waals surface area contributed by atoms with Crippen LogP contribution >= 0.6 is 12.2 Å². The summed E-state index contributed by atoms with van der Waals surface area (Å²) in [7, 11) is 0. The number of hydrogen-bond donors (Lipinski definition) is 2. The molecule has 0 bridgehead atoms. The van der Waals surface area contributed by atoms with E-state index in [9.17, 15) is 0 Å². The molecule has 0 aliphatic heterocycles. The molecular formula is C19H21N5S. The Hall–Kier alpha value is -2.73. The molecule has 3 aromatic rings. The lowest BCUT2D eigenvalue weighted by Crippen LogP contribution is -2.20. The van der Waals surface area contributed by atoms with E-state index in [2.05, 4.69) is 59.7 Å². The molecule has 0 unspecified atom stereocenters. The predicted octanol–water partition coefficient (Wildman–Crippen LogP) is 4.06. The van der Waals surface area contributed by atoms with Crippen molar-refractivity contribution < 1.29 is 0 Å². The summed E-state index contributed by atoms with van der Waals surface area (Å²) in [4.78, 5) is 4.27. The third kappa shape index (κ3) is 4.64. The number of rotatable bonds is 4. The molecule has 6 heteroatoms. The second kappa shape index (κ2) is 7.44. The maximum Gasteiger partial charge on any atom is 0.248 e. The van der Waals surface area contributed by atoms with Crippen LogP contribution < -0.4 is 10.6 Å². The highest BCUT2D eigenvalue weighted by molar-refractivity contribution is 7.80. The van der Waals surface area contributed by atoms with Crippen LogP contribution in [0.1, 0.15) is 22.3 Å². The van der Waals surface area contributed by atoms with Gasteiger partial charge in [0.1, 0.15) is 6.33 Å². The van der Waals surface area contributed by atoms with Crippen molar-refractivity contribution in [1.82, 2.24) is 14.8 Å². The Morgan fingerprint density at radius 2 is 1.76 bits per heavy atom. The van der Waals surface area contributed by atoms with Crippen molar-refractivity contribution in [2.45, 2.75) is 27.3 Å². The van der Waals surface area contributed by atoms with Gasteiger partial charge in [-0.15, -0.1) is 5.10 Å². The normalized spacial score (nSPS) is 10.5. The van der Waals surface area contributed by atoms with Gasteiger partial charge in [0.05, 0.1) is 6.54 Å². The van der Waals surface area contributed by atoms with E-state index >= 15 is 0 Å². The quantitative estimate of drug-likeness (QED) is 0.694. The smallest absolute Gasteiger partial charge is 0.248 e. The van der Waals surface area contributed by atoms with Gasteiger partial charge in [-0.25, -0.2) is 9.67 Å². The maximum atomic E-state index is 5.35. The lowest BCUT2D eigenvalue weighted by molar-refractivity contribution is 0.684. The van der Waals surface area contributed by atoms with E-state index in [-0.39, 0.29) is 0 Å². The lowest BCUT2D eigenvalue weighted by Gasteiger charge is -2.09. The van der Waals surface area contributed by atoms with Gasteiger partial charge in [0, 0.05) is 5.69 Å². The Morgan fingerprint density at radius 1 is 1.04 bits per heavy atom. The topological polar surface area (TPSA) is 54.8 Å². The van der Waals surface area contributed by atoms with E-state index in [0.29, 0.717) is 17.6 Å². The van der Waals surface area contributed by atoms with Crippen LogP contribution in [0, 0.1) is 20.8 Å². The average Bonchev–Trinajstić information content (AvgIpc) is 2.95. The first-order valence-electron chi connectivity index (χ1n) is 8.10. The highest BCUT2D eigenvalue weighted by atomic mass is 32.1. The van der Waals surface area contributed by atoms with Crippen LogP contribution in [0.25, 0.3) is 0 Å². The highest BCUT2D eigenvalue weighted by Crippen LogP contribution is 2.14. The van der Waals surface area contributed by atoms with Crippen LogP contribution in [0.4, 0.5) is 11.6 Å². The third-order valence-corrected chi connectivity index (χ3v) is 4.04. The Kier molecular flexibility index (Phi) is 5.09. The Balaban J connectivity index is 1.63. The lowest BCUT2D eigenvalue weighted by atomic mass is 10.1. The summed E-state index contributed by atoms with van der Waals surface area (Å²) in [5.41, 5.74) is 5.78. The van der Waals surface area contributed by atoms with Crippen LogP contribution in [-0.2, 0) is 6.54 Å². The molecule has 3 rings (SSSR count). The van der Waals surface area contributed by atoms with E-state index in [1.165, 1.54) is 22.3 Å². The van der Waals surface area contributed by atoms with Crippen molar-refractivity contribution in [1.29, 1.82) is 0 Å². The molecular weight excluding hydrogens is 330 g/mol. The van der Waals surface area contributed by atoms with Gasteiger partial charge in [-0.2, -0.15) is 0 Å². The van der Waals surface area contributed by atoms with Crippen LogP contribution in [0.15, 0.2) is 48.8 Å². The number of hydrogen-bond acceptors (Lipinski definition) is 3. The second-order valence-electron chi connectivity index (χ2n) is 6.15. The molecule has 0 atom stereocenters. The minimum atomic E-state index is 0.471. The Labute approximate surface area is 153 Å². The number of aryl methyl sites for hydroxylation is 3. The zero-order chi connectivity index (χ0) is 17.8. The predicted molar refractivity (Wildman–Crippen MR) is 106 cm³/mol. The van der Waals surface area contributed by atoms with Gasteiger partial charge < -0.3 is 5.32 Å². The van der Waals surface area contributed by atoms with Gasteiger partial charge in [0.2, 0.25) is 5.95 Å². The number of benzene rings is 2. The molecule has 0 saturated carbocycles. The van der Waals surface area contributed by atoms with Gasteiger partial charge in [-0.3, -0.25) is 5.32 Å².